The highest BCUT2D eigenvalue weighted by Gasteiger charge is 2.25. The number of hydrogen-bond acceptors (Lipinski definition) is 1. The highest BCUT2D eigenvalue weighted by atomic mass is 16.2. The van der Waals surface area contributed by atoms with Crippen LogP contribution in [0.3, 0.4) is 0 Å². The Balaban J connectivity index is 1.91. The maximum absolute atomic E-state index is 12.7. The lowest BCUT2D eigenvalue weighted by Crippen LogP contribution is -2.42. The van der Waals surface area contributed by atoms with E-state index in [2.05, 4.69) is 44.0 Å². The normalized spacial score (nSPS) is 19.4. The van der Waals surface area contributed by atoms with Gasteiger partial charge in [-0.1, -0.05) is 26.0 Å². The predicted octanol–water partition coefficient (Wildman–Crippen LogP) is 4.31. The van der Waals surface area contributed by atoms with Gasteiger partial charge < -0.3 is 9.88 Å². The lowest BCUT2D eigenvalue weighted by atomic mass is 10.0. The summed E-state index contributed by atoms with van der Waals surface area (Å²) in [6, 6.07) is 8.76. The van der Waals surface area contributed by atoms with Gasteiger partial charge in [-0.3, -0.25) is 4.79 Å². The van der Waals surface area contributed by atoms with Crippen molar-refractivity contribution in [2.75, 3.05) is 6.54 Å². The van der Waals surface area contributed by atoms with E-state index in [0.29, 0.717) is 12.0 Å². The van der Waals surface area contributed by atoms with Crippen molar-refractivity contribution in [1.29, 1.82) is 0 Å². The third-order valence-electron chi connectivity index (χ3n) is 4.61. The van der Waals surface area contributed by atoms with Gasteiger partial charge >= 0.3 is 0 Å². The van der Waals surface area contributed by atoms with Gasteiger partial charge in [-0.2, -0.15) is 0 Å². The van der Waals surface area contributed by atoms with Crippen LogP contribution in [0.15, 0.2) is 24.3 Å². The van der Waals surface area contributed by atoms with E-state index in [1.165, 1.54) is 12.0 Å². The van der Waals surface area contributed by atoms with Crippen LogP contribution in [0.5, 0.6) is 0 Å². The molecule has 1 aliphatic heterocycles. The fourth-order valence-corrected chi connectivity index (χ4v) is 3.17. The largest absolute Gasteiger partial charge is 0.351 e. The molecule has 0 bridgehead atoms. The zero-order valence-electron chi connectivity index (χ0n) is 13.1. The van der Waals surface area contributed by atoms with Gasteiger partial charge in [0.1, 0.15) is 5.69 Å². The number of rotatable bonds is 2. The minimum absolute atomic E-state index is 0.143. The quantitative estimate of drug-likeness (QED) is 0.876. The molecule has 1 aromatic carbocycles. The van der Waals surface area contributed by atoms with E-state index in [0.717, 1.165) is 36.0 Å². The number of carbonyl (C=O) groups is 1. The van der Waals surface area contributed by atoms with Crippen LogP contribution < -0.4 is 0 Å². The number of nitrogens with zero attached hydrogens (tertiary/aromatic N) is 1. The molecule has 0 saturated carbocycles. The van der Waals surface area contributed by atoms with Crippen LogP contribution in [0.25, 0.3) is 10.9 Å². The average Bonchev–Trinajstić information content (AvgIpc) is 2.89. The zero-order chi connectivity index (χ0) is 15.0. The van der Waals surface area contributed by atoms with Gasteiger partial charge in [0.05, 0.1) is 0 Å². The molecule has 1 saturated heterocycles. The van der Waals surface area contributed by atoms with E-state index in [-0.39, 0.29) is 5.91 Å². The van der Waals surface area contributed by atoms with Crippen LogP contribution in [-0.4, -0.2) is 28.4 Å². The molecule has 3 nitrogen and oxygen atoms in total. The molecule has 2 heterocycles. The van der Waals surface area contributed by atoms with Gasteiger partial charge in [0.15, 0.2) is 0 Å². The van der Waals surface area contributed by atoms with Crippen LogP contribution >= 0.6 is 0 Å². The molecule has 0 unspecified atom stereocenters. The molecule has 1 N–H and O–H groups in total. The highest BCUT2D eigenvalue weighted by molar-refractivity contribution is 5.98. The van der Waals surface area contributed by atoms with Gasteiger partial charge in [-0.15, -0.1) is 0 Å². The monoisotopic (exact) mass is 284 g/mol. The fraction of sp³-hybridized carbons (Fsp3) is 0.500. The molecule has 1 aliphatic rings. The molecular weight excluding hydrogens is 260 g/mol. The lowest BCUT2D eigenvalue weighted by molar-refractivity contribution is 0.0630. The molecule has 3 heteroatoms. The molecule has 21 heavy (non-hydrogen) atoms. The van der Waals surface area contributed by atoms with E-state index < -0.39 is 0 Å². The molecular formula is C18H24N2O. The highest BCUT2D eigenvalue weighted by Crippen LogP contribution is 2.24. The van der Waals surface area contributed by atoms with Crippen molar-refractivity contribution in [3.8, 4) is 0 Å². The average molecular weight is 284 g/mol. The molecule has 2 aromatic rings. The molecule has 1 atom stereocenters. The van der Waals surface area contributed by atoms with Crippen molar-refractivity contribution in [1.82, 2.24) is 9.88 Å². The number of H-pyrrole nitrogens is 1. The number of likely N-dealkylation sites (tertiary alicyclic amines) is 1. The van der Waals surface area contributed by atoms with Gasteiger partial charge in [-0.05, 0) is 49.8 Å². The van der Waals surface area contributed by atoms with E-state index in [4.69, 9.17) is 0 Å². The second-order valence-corrected chi connectivity index (χ2v) is 6.53. The molecule has 112 valence electrons. The Hall–Kier alpha value is -1.77. The maximum Gasteiger partial charge on any atom is 0.270 e. The Morgan fingerprint density at radius 3 is 2.81 bits per heavy atom. The van der Waals surface area contributed by atoms with Crippen molar-refractivity contribution in [2.45, 2.75) is 52.0 Å². The SMILES string of the molecule is CC(C)c1ccc2cc(C(=O)N3CCCC[C@H]3C)[nH]c2c1. The molecule has 1 amide bonds. The number of aromatic amines is 1. The Bertz CT molecular complexity index is 656. The van der Waals surface area contributed by atoms with Gasteiger partial charge in [0.2, 0.25) is 0 Å². The third-order valence-corrected chi connectivity index (χ3v) is 4.61. The van der Waals surface area contributed by atoms with Crippen LogP contribution in [-0.2, 0) is 0 Å². The Morgan fingerprint density at radius 2 is 2.10 bits per heavy atom. The zero-order valence-corrected chi connectivity index (χ0v) is 13.1. The Morgan fingerprint density at radius 1 is 1.29 bits per heavy atom. The maximum atomic E-state index is 12.7. The number of aromatic nitrogens is 1. The Labute approximate surface area is 126 Å². The van der Waals surface area contributed by atoms with Gasteiger partial charge in [0.25, 0.3) is 5.91 Å². The summed E-state index contributed by atoms with van der Waals surface area (Å²) >= 11 is 0. The fourth-order valence-electron chi connectivity index (χ4n) is 3.17. The predicted molar refractivity (Wildman–Crippen MR) is 86.7 cm³/mol. The molecule has 1 fully saturated rings. The summed E-state index contributed by atoms with van der Waals surface area (Å²) in [5.41, 5.74) is 3.09. The first-order valence-corrected chi connectivity index (χ1v) is 8.00. The summed E-state index contributed by atoms with van der Waals surface area (Å²) in [7, 11) is 0. The lowest BCUT2D eigenvalue weighted by Gasteiger charge is -2.33. The summed E-state index contributed by atoms with van der Waals surface area (Å²) in [5, 5.41) is 1.12. The topological polar surface area (TPSA) is 36.1 Å². The van der Waals surface area contributed by atoms with Crippen molar-refractivity contribution >= 4 is 16.8 Å². The molecule has 1 aromatic heterocycles. The summed E-state index contributed by atoms with van der Waals surface area (Å²) in [6.07, 6.45) is 3.46. The second-order valence-electron chi connectivity index (χ2n) is 6.53. The first-order chi connectivity index (χ1) is 10.1. The van der Waals surface area contributed by atoms with Crippen molar-refractivity contribution in [2.24, 2.45) is 0 Å². The number of nitrogens with one attached hydrogen (secondary N) is 1. The molecule has 0 aliphatic carbocycles. The first kappa shape index (κ1) is 14.2. The molecule has 0 spiro atoms. The number of amides is 1. The number of carbonyl (C=O) groups excluding carboxylic acids is 1. The van der Waals surface area contributed by atoms with Crippen LogP contribution in [0.1, 0.15) is 62.0 Å². The van der Waals surface area contributed by atoms with Crippen molar-refractivity contribution in [3.63, 3.8) is 0 Å². The van der Waals surface area contributed by atoms with Crippen LogP contribution in [0, 0.1) is 0 Å². The van der Waals surface area contributed by atoms with Crippen LogP contribution in [0.2, 0.25) is 0 Å². The van der Waals surface area contributed by atoms with Gasteiger partial charge in [-0.25, -0.2) is 0 Å². The standard InChI is InChI=1S/C18H24N2O/c1-12(2)14-7-8-15-11-17(19-16(15)10-14)18(21)20-9-5-4-6-13(20)3/h7-8,10-13,19H,4-6,9H2,1-3H3/t13-/m1/s1. The first-order valence-electron chi connectivity index (χ1n) is 8.00. The van der Waals surface area contributed by atoms with Crippen LogP contribution in [0.4, 0.5) is 0 Å². The molecule has 3 rings (SSSR count). The summed E-state index contributed by atoms with van der Waals surface area (Å²) in [4.78, 5) is 18.0. The minimum Gasteiger partial charge on any atom is -0.351 e. The second kappa shape index (κ2) is 5.55. The van der Waals surface area contributed by atoms with Crippen molar-refractivity contribution < 1.29 is 4.79 Å². The van der Waals surface area contributed by atoms with E-state index >= 15 is 0 Å². The number of piperidine rings is 1. The Kier molecular flexibility index (Phi) is 3.75. The summed E-state index contributed by atoms with van der Waals surface area (Å²) in [5.74, 6) is 0.642. The van der Waals surface area contributed by atoms with E-state index in [9.17, 15) is 4.79 Å². The summed E-state index contributed by atoms with van der Waals surface area (Å²) < 4.78 is 0. The van der Waals surface area contributed by atoms with E-state index in [1.807, 2.05) is 11.0 Å². The summed E-state index contributed by atoms with van der Waals surface area (Å²) in [6.45, 7) is 7.40. The minimum atomic E-state index is 0.143. The van der Waals surface area contributed by atoms with Gasteiger partial charge in [0, 0.05) is 23.5 Å². The number of benzene rings is 1. The third kappa shape index (κ3) is 2.69. The smallest absolute Gasteiger partial charge is 0.270 e. The number of hydrogen-bond donors (Lipinski definition) is 1. The van der Waals surface area contributed by atoms with E-state index in [1.54, 1.807) is 0 Å². The van der Waals surface area contributed by atoms with Crippen molar-refractivity contribution in [3.05, 3.63) is 35.5 Å². The number of fused-ring (bicyclic) bond motifs is 1. The molecule has 0 radical (unpaired) electrons.